The van der Waals surface area contributed by atoms with Gasteiger partial charge in [-0.15, -0.1) is 0 Å². The van der Waals surface area contributed by atoms with E-state index in [0.29, 0.717) is 6.42 Å². The highest BCUT2D eigenvalue weighted by Gasteiger charge is 2.32. The molecule has 0 spiro atoms. The Morgan fingerprint density at radius 3 is 2.69 bits per heavy atom. The number of piperazine rings is 1. The molecule has 0 saturated carbocycles. The summed E-state index contributed by atoms with van der Waals surface area (Å²) in [5.74, 6) is 2.29. The van der Waals surface area contributed by atoms with Crippen molar-refractivity contribution in [2.24, 2.45) is 0 Å². The summed E-state index contributed by atoms with van der Waals surface area (Å²) in [5.41, 5.74) is 2.06. The van der Waals surface area contributed by atoms with Crippen LogP contribution in [0.1, 0.15) is 56.7 Å². The van der Waals surface area contributed by atoms with Gasteiger partial charge < -0.3 is 14.6 Å². The maximum atomic E-state index is 12.6. The SMILES string of the molecule is CC(C)c1oc(C2CCCN2CCC(=O)N2CCNCC2)nc1-c1ccccc1. The molecule has 0 aliphatic carbocycles. The van der Waals surface area contributed by atoms with E-state index in [-0.39, 0.29) is 17.9 Å². The van der Waals surface area contributed by atoms with Crippen LogP contribution in [0.15, 0.2) is 34.7 Å². The van der Waals surface area contributed by atoms with Crippen LogP contribution in [-0.4, -0.2) is 60.0 Å². The molecule has 1 N–H and O–H groups in total. The van der Waals surface area contributed by atoms with Crippen LogP contribution in [0.25, 0.3) is 11.3 Å². The number of amides is 1. The van der Waals surface area contributed by atoms with Gasteiger partial charge in [0.15, 0.2) is 0 Å². The van der Waals surface area contributed by atoms with Gasteiger partial charge in [0.1, 0.15) is 11.5 Å². The first-order valence-corrected chi connectivity index (χ1v) is 10.9. The van der Waals surface area contributed by atoms with Gasteiger partial charge in [-0.25, -0.2) is 4.98 Å². The Balaban J connectivity index is 1.47. The van der Waals surface area contributed by atoms with Crippen molar-refractivity contribution in [3.8, 4) is 11.3 Å². The molecule has 3 heterocycles. The smallest absolute Gasteiger partial charge is 0.223 e. The predicted octanol–water partition coefficient (Wildman–Crippen LogP) is 3.42. The predicted molar refractivity (Wildman–Crippen MR) is 114 cm³/mol. The number of hydrogen-bond donors (Lipinski definition) is 1. The van der Waals surface area contributed by atoms with Crippen molar-refractivity contribution >= 4 is 5.91 Å². The van der Waals surface area contributed by atoms with Crippen molar-refractivity contribution in [2.45, 2.75) is 45.1 Å². The zero-order chi connectivity index (χ0) is 20.2. The summed E-state index contributed by atoms with van der Waals surface area (Å²) >= 11 is 0. The second-order valence-corrected chi connectivity index (χ2v) is 8.36. The fourth-order valence-electron chi connectivity index (χ4n) is 4.37. The molecular weight excluding hydrogens is 364 g/mol. The standard InChI is InChI=1S/C23H32N4O2/c1-17(2)22-21(18-7-4-3-5-8-18)25-23(29-22)19-9-6-13-26(19)14-10-20(28)27-15-11-24-12-16-27/h3-5,7-8,17,19,24H,6,9-16H2,1-2H3. The lowest BCUT2D eigenvalue weighted by Crippen LogP contribution is -2.47. The minimum Gasteiger partial charge on any atom is -0.443 e. The van der Waals surface area contributed by atoms with E-state index >= 15 is 0 Å². The number of likely N-dealkylation sites (tertiary alicyclic amines) is 1. The third kappa shape index (κ3) is 4.54. The van der Waals surface area contributed by atoms with Crippen LogP contribution in [0.3, 0.4) is 0 Å². The van der Waals surface area contributed by atoms with Gasteiger partial charge in [-0.2, -0.15) is 0 Å². The first kappa shape index (κ1) is 20.1. The van der Waals surface area contributed by atoms with Crippen molar-refractivity contribution in [3.05, 3.63) is 42.0 Å². The Hall–Kier alpha value is -2.18. The van der Waals surface area contributed by atoms with E-state index in [9.17, 15) is 4.79 Å². The van der Waals surface area contributed by atoms with Gasteiger partial charge in [-0.3, -0.25) is 9.69 Å². The zero-order valence-electron chi connectivity index (χ0n) is 17.6. The summed E-state index contributed by atoms with van der Waals surface area (Å²) in [6, 6.07) is 10.4. The fraction of sp³-hybridized carbons (Fsp3) is 0.565. The molecule has 2 saturated heterocycles. The minimum absolute atomic E-state index is 0.167. The molecule has 2 aromatic rings. The summed E-state index contributed by atoms with van der Waals surface area (Å²) in [6.07, 6.45) is 2.72. The molecule has 156 valence electrons. The molecule has 0 radical (unpaired) electrons. The maximum absolute atomic E-state index is 12.6. The Morgan fingerprint density at radius 2 is 1.97 bits per heavy atom. The largest absolute Gasteiger partial charge is 0.443 e. The molecule has 2 aliphatic rings. The number of carbonyl (C=O) groups excluding carboxylic acids is 1. The van der Waals surface area contributed by atoms with Crippen LogP contribution in [0.2, 0.25) is 0 Å². The Morgan fingerprint density at radius 1 is 1.21 bits per heavy atom. The fourth-order valence-corrected chi connectivity index (χ4v) is 4.37. The highest BCUT2D eigenvalue weighted by Crippen LogP contribution is 2.37. The number of oxazole rings is 1. The molecule has 6 heteroatoms. The number of benzene rings is 1. The zero-order valence-corrected chi connectivity index (χ0v) is 17.6. The average molecular weight is 397 g/mol. The number of aromatic nitrogens is 1. The number of rotatable bonds is 6. The van der Waals surface area contributed by atoms with Crippen molar-refractivity contribution in [1.29, 1.82) is 0 Å². The Labute approximate surface area is 173 Å². The van der Waals surface area contributed by atoms with Gasteiger partial charge >= 0.3 is 0 Å². The summed E-state index contributed by atoms with van der Waals surface area (Å²) < 4.78 is 6.31. The third-order valence-corrected chi connectivity index (χ3v) is 5.97. The molecule has 1 atom stereocenters. The Kier molecular flexibility index (Phi) is 6.31. The summed E-state index contributed by atoms with van der Waals surface area (Å²) in [4.78, 5) is 21.9. The molecule has 2 fully saturated rings. The molecule has 4 rings (SSSR count). The second kappa shape index (κ2) is 9.09. The summed E-state index contributed by atoms with van der Waals surface area (Å²) in [5, 5.41) is 3.30. The van der Waals surface area contributed by atoms with Gasteiger partial charge in [-0.05, 0) is 19.4 Å². The van der Waals surface area contributed by atoms with Crippen LogP contribution in [0.4, 0.5) is 0 Å². The number of carbonyl (C=O) groups is 1. The van der Waals surface area contributed by atoms with Crippen molar-refractivity contribution in [1.82, 2.24) is 20.1 Å². The molecule has 6 nitrogen and oxygen atoms in total. The van der Waals surface area contributed by atoms with Crippen LogP contribution in [0.5, 0.6) is 0 Å². The molecule has 2 aliphatic heterocycles. The van der Waals surface area contributed by atoms with E-state index in [4.69, 9.17) is 9.40 Å². The number of nitrogens with zero attached hydrogens (tertiary/aromatic N) is 3. The van der Waals surface area contributed by atoms with Crippen LogP contribution >= 0.6 is 0 Å². The maximum Gasteiger partial charge on any atom is 0.223 e. The lowest BCUT2D eigenvalue weighted by molar-refractivity contribution is -0.132. The van der Waals surface area contributed by atoms with Crippen LogP contribution < -0.4 is 5.32 Å². The summed E-state index contributed by atoms with van der Waals surface area (Å²) in [7, 11) is 0. The van der Waals surface area contributed by atoms with Crippen molar-refractivity contribution in [3.63, 3.8) is 0 Å². The lowest BCUT2D eigenvalue weighted by Gasteiger charge is -2.29. The van der Waals surface area contributed by atoms with Crippen LogP contribution in [0, 0.1) is 0 Å². The topological polar surface area (TPSA) is 61.6 Å². The Bertz CT molecular complexity index is 812. The third-order valence-electron chi connectivity index (χ3n) is 5.97. The number of hydrogen-bond acceptors (Lipinski definition) is 5. The van der Waals surface area contributed by atoms with Gasteiger partial charge in [0.25, 0.3) is 0 Å². The van der Waals surface area contributed by atoms with Crippen molar-refractivity contribution < 1.29 is 9.21 Å². The van der Waals surface area contributed by atoms with E-state index < -0.39 is 0 Å². The van der Waals surface area contributed by atoms with E-state index in [2.05, 4.69) is 36.2 Å². The molecule has 0 bridgehead atoms. The first-order chi connectivity index (χ1) is 14.1. The van der Waals surface area contributed by atoms with Gasteiger partial charge in [-0.1, -0.05) is 44.2 Å². The number of nitrogens with one attached hydrogen (secondary N) is 1. The van der Waals surface area contributed by atoms with E-state index in [0.717, 1.165) is 75.0 Å². The molecule has 1 aromatic carbocycles. The van der Waals surface area contributed by atoms with E-state index in [1.807, 2.05) is 23.1 Å². The monoisotopic (exact) mass is 396 g/mol. The second-order valence-electron chi connectivity index (χ2n) is 8.36. The van der Waals surface area contributed by atoms with E-state index in [1.165, 1.54) is 0 Å². The minimum atomic E-state index is 0.167. The molecular formula is C23H32N4O2. The summed E-state index contributed by atoms with van der Waals surface area (Å²) in [6.45, 7) is 9.50. The van der Waals surface area contributed by atoms with Gasteiger partial charge in [0, 0.05) is 50.6 Å². The highest BCUT2D eigenvalue weighted by molar-refractivity contribution is 5.76. The highest BCUT2D eigenvalue weighted by atomic mass is 16.4. The average Bonchev–Trinajstić information content (AvgIpc) is 3.40. The quantitative estimate of drug-likeness (QED) is 0.811. The van der Waals surface area contributed by atoms with Crippen LogP contribution in [-0.2, 0) is 4.79 Å². The molecule has 29 heavy (non-hydrogen) atoms. The molecule has 1 amide bonds. The first-order valence-electron chi connectivity index (χ1n) is 10.9. The van der Waals surface area contributed by atoms with Gasteiger partial charge in [0.2, 0.25) is 11.8 Å². The molecule has 1 unspecified atom stereocenters. The van der Waals surface area contributed by atoms with Gasteiger partial charge in [0.05, 0.1) is 6.04 Å². The van der Waals surface area contributed by atoms with Crippen molar-refractivity contribution in [2.75, 3.05) is 39.3 Å². The lowest BCUT2D eigenvalue weighted by atomic mass is 10.0. The van der Waals surface area contributed by atoms with E-state index in [1.54, 1.807) is 0 Å². The normalized spacial score (nSPS) is 20.5. The molecule has 1 aromatic heterocycles.